The van der Waals surface area contributed by atoms with E-state index in [0.29, 0.717) is 16.8 Å². The fourth-order valence-electron chi connectivity index (χ4n) is 1.73. The molecule has 0 radical (unpaired) electrons. The molecule has 2 rings (SSSR count). The Bertz CT molecular complexity index is 674. The minimum Gasteiger partial charge on any atom is -0.321 e. The molecule has 0 aliphatic carbocycles. The summed E-state index contributed by atoms with van der Waals surface area (Å²) in [5.74, 6) is -0.240. The summed E-state index contributed by atoms with van der Waals surface area (Å²) < 4.78 is 0. The highest BCUT2D eigenvalue weighted by Gasteiger charge is 2.11. The molecular formula is C15H12N2OS. The van der Waals surface area contributed by atoms with Gasteiger partial charge in [0.1, 0.15) is 6.07 Å². The van der Waals surface area contributed by atoms with Gasteiger partial charge in [0.05, 0.1) is 11.3 Å². The molecule has 0 unspecified atom stereocenters. The van der Waals surface area contributed by atoms with Crippen LogP contribution in [-0.4, -0.2) is 5.91 Å². The minimum absolute atomic E-state index is 0.240. The predicted molar refractivity (Wildman–Crippen MR) is 77.5 cm³/mol. The molecule has 4 heteroatoms. The summed E-state index contributed by atoms with van der Waals surface area (Å²) in [7, 11) is 0. The second-order valence-corrected chi connectivity index (χ2v) is 4.63. The SMILES string of the molecule is Cc1ccc(S)cc1C(=O)Nc1ccccc1C#N. The maximum absolute atomic E-state index is 12.2. The number of nitrogens with zero attached hydrogens (tertiary/aromatic N) is 1. The number of hydrogen-bond donors (Lipinski definition) is 2. The molecule has 0 aliphatic heterocycles. The predicted octanol–water partition coefficient (Wildman–Crippen LogP) is 3.41. The van der Waals surface area contributed by atoms with E-state index in [4.69, 9.17) is 5.26 Å². The number of amides is 1. The molecule has 0 aliphatic rings. The topological polar surface area (TPSA) is 52.9 Å². The van der Waals surface area contributed by atoms with Crippen molar-refractivity contribution in [3.05, 3.63) is 59.2 Å². The number of aryl methyl sites for hydroxylation is 1. The quantitative estimate of drug-likeness (QED) is 0.820. The second kappa shape index (κ2) is 5.59. The number of nitrogens with one attached hydrogen (secondary N) is 1. The van der Waals surface area contributed by atoms with E-state index < -0.39 is 0 Å². The fraction of sp³-hybridized carbons (Fsp3) is 0.0667. The van der Waals surface area contributed by atoms with Crippen LogP contribution in [0.1, 0.15) is 21.5 Å². The number of anilines is 1. The van der Waals surface area contributed by atoms with E-state index in [2.05, 4.69) is 17.9 Å². The Hall–Kier alpha value is -2.25. The van der Waals surface area contributed by atoms with Gasteiger partial charge in [-0.25, -0.2) is 0 Å². The lowest BCUT2D eigenvalue weighted by molar-refractivity contribution is 0.102. The van der Waals surface area contributed by atoms with Gasteiger partial charge in [0.2, 0.25) is 0 Å². The Morgan fingerprint density at radius 1 is 1.26 bits per heavy atom. The van der Waals surface area contributed by atoms with Crippen molar-refractivity contribution in [3.63, 3.8) is 0 Å². The lowest BCUT2D eigenvalue weighted by Gasteiger charge is -2.09. The number of carbonyl (C=O) groups excluding carboxylic acids is 1. The number of hydrogen-bond acceptors (Lipinski definition) is 3. The summed E-state index contributed by atoms with van der Waals surface area (Å²) in [6.07, 6.45) is 0. The smallest absolute Gasteiger partial charge is 0.256 e. The monoisotopic (exact) mass is 268 g/mol. The summed E-state index contributed by atoms with van der Waals surface area (Å²) in [4.78, 5) is 12.9. The van der Waals surface area contributed by atoms with Gasteiger partial charge < -0.3 is 5.32 Å². The molecule has 0 atom stereocenters. The van der Waals surface area contributed by atoms with E-state index in [9.17, 15) is 4.79 Å². The molecule has 1 N–H and O–H groups in total. The maximum atomic E-state index is 12.2. The van der Waals surface area contributed by atoms with Gasteiger partial charge in [-0.1, -0.05) is 18.2 Å². The van der Waals surface area contributed by atoms with Gasteiger partial charge in [0, 0.05) is 10.5 Å². The molecule has 0 saturated carbocycles. The third kappa shape index (κ3) is 2.95. The van der Waals surface area contributed by atoms with Crippen LogP contribution in [0, 0.1) is 18.3 Å². The van der Waals surface area contributed by atoms with Crippen molar-refractivity contribution in [2.24, 2.45) is 0 Å². The Kier molecular flexibility index (Phi) is 3.88. The lowest BCUT2D eigenvalue weighted by atomic mass is 10.1. The highest BCUT2D eigenvalue weighted by atomic mass is 32.1. The molecule has 94 valence electrons. The van der Waals surface area contributed by atoms with E-state index in [1.165, 1.54) is 0 Å². The Morgan fingerprint density at radius 3 is 2.74 bits per heavy atom. The average Bonchev–Trinajstić information content (AvgIpc) is 2.42. The largest absolute Gasteiger partial charge is 0.321 e. The Balaban J connectivity index is 2.31. The Morgan fingerprint density at radius 2 is 2.00 bits per heavy atom. The first-order valence-corrected chi connectivity index (χ1v) is 6.16. The van der Waals surface area contributed by atoms with Crippen LogP contribution < -0.4 is 5.32 Å². The number of nitriles is 1. The van der Waals surface area contributed by atoms with E-state index in [1.807, 2.05) is 25.1 Å². The normalized spacial score (nSPS) is 9.74. The van der Waals surface area contributed by atoms with Gasteiger partial charge in [-0.2, -0.15) is 5.26 Å². The maximum Gasteiger partial charge on any atom is 0.256 e. The zero-order chi connectivity index (χ0) is 13.8. The molecule has 0 bridgehead atoms. The molecule has 0 fully saturated rings. The lowest BCUT2D eigenvalue weighted by Crippen LogP contribution is -2.14. The van der Waals surface area contributed by atoms with Crippen molar-refractivity contribution in [1.29, 1.82) is 5.26 Å². The van der Waals surface area contributed by atoms with E-state index in [1.54, 1.807) is 30.3 Å². The summed E-state index contributed by atoms with van der Waals surface area (Å²) in [5, 5.41) is 11.7. The third-order valence-corrected chi connectivity index (χ3v) is 3.04. The van der Waals surface area contributed by atoms with Crippen molar-refractivity contribution in [2.45, 2.75) is 11.8 Å². The third-order valence-electron chi connectivity index (χ3n) is 2.76. The summed E-state index contributed by atoms with van der Waals surface area (Å²) in [6.45, 7) is 1.86. The van der Waals surface area contributed by atoms with Crippen molar-refractivity contribution < 1.29 is 4.79 Å². The van der Waals surface area contributed by atoms with Crippen molar-refractivity contribution in [3.8, 4) is 6.07 Å². The molecule has 2 aromatic carbocycles. The molecule has 0 spiro atoms. The van der Waals surface area contributed by atoms with Gasteiger partial charge in [0.25, 0.3) is 5.91 Å². The number of para-hydroxylation sites is 1. The van der Waals surface area contributed by atoms with Gasteiger partial charge in [0.15, 0.2) is 0 Å². The molecule has 0 heterocycles. The highest BCUT2D eigenvalue weighted by Crippen LogP contribution is 2.18. The molecule has 0 saturated heterocycles. The highest BCUT2D eigenvalue weighted by molar-refractivity contribution is 7.80. The van der Waals surface area contributed by atoms with Gasteiger partial charge >= 0.3 is 0 Å². The summed E-state index contributed by atoms with van der Waals surface area (Å²) in [5.41, 5.74) is 2.37. The van der Waals surface area contributed by atoms with Crippen LogP contribution in [0.15, 0.2) is 47.4 Å². The average molecular weight is 268 g/mol. The standard InChI is InChI=1S/C15H12N2OS/c1-10-6-7-12(19)8-13(10)15(18)17-14-5-3-2-4-11(14)9-16/h2-8,19H,1H3,(H,17,18). The Labute approximate surface area is 117 Å². The first-order valence-electron chi connectivity index (χ1n) is 5.72. The molecule has 19 heavy (non-hydrogen) atoms. The van der Waals surface area contributed by atoms with Crippen molar-refractivity contribution >= 4 is 24.2 Å². The van der Waals surface area contributed by atoms with Crippen LogP contribution in [0.3, 0.4) is 0 Å². The number of benzene rings is 2. The van der Waals surface area contributed by atoms with Gasteiger partial charge in [-0.05, 0) is 36.8 Å². The van der Waals surface area contributed by atoms with Gasteiger partial charge in [-0.15, -0.1) is 12.6 Å². The molecule has 1 amide bonds. The van der Waals surface area contributed by atoms with Crippen LogP contribution in [0.25, 0.3) is 0 Å². The van der Waals surface area contributed by atoms with Crippen molar-refractivity contribution in [2.75, 3.05) is 5.32 Å². The molecule has 2 aromatic rings. The van der Waals surface area contributed by atoms with Crippen LogP contribution in [-0.2, 0) is 0 Å². The van der Waals surface area contributed by atoms with E-state index >= 15 is 0 Å². The van der Waals surface area contributed by atoms with Gasteiger partial charge in [-0.3, -0.25) is 4.79 Å². The van der Waals surface area contributed by atoms with Crippen LogP contribution >= 0.6 is 12.6 Å². The zero-order valence-electron chi connectivity index (χ0n) is 10.3. The number of carbonyl (C=O) groups is 1. The van der Waals surface area contributed by atoms with Crippen LogP contribution in [0.4, 0.5) is 5.69 Å². The fourth-order valence-corrected chi connectivity index (χ4v) is 1.94. The first-order chi connectivity index (χ1) is 9.11. The van der Waals surface area contributed by atoms with Crippen LogP contribution in [0.5, 0.6) is 0 Å². The molecule has 0 aromatic heterocycles. The molecular weight excluding hydrogens is 256 g/mol. The summed E-state index contributed by atoms with van der Waals surface area (Å²) in [6, 6.07) is 14.3. The first kappa shape index (κ1) is 13.2. The number of thiol groups is 1. The van der Waals surface area contributed by atoms with Crippen LogP contribution in [0.2, 0.25) is 0 Å². The summed E-state index contributed by atoms with van der Waals surface area (Å²) >= 11 is 4.23. The minimum atomic E-state index is -0.240. The number of rotatable bonds is 2. The second-order valence-electron chi connectivity index (χ2n) is 4.11. The molecule has 3 nitrogen and oxygen atoms in total. The zero-order valence-corrected chi connectivity index (χ0v) is 11.2. The van der Waals surface area contributed by atoms with E-state index in [-0.39, 0.29) is 5.91 Å². The van der Waals surface area contributed by atoms with E-state index in [0.717, 1.165) is 10.5 Å². The van der Waals surface area contributed by atoms with Crippen molar-refractivity contribution in [1.82, 2.24) is 0 Å².